The van der Waals surface area contributed by atoms with Crippen molar-refractivity contribution in [3.63, 3.8) is 0 Å². The lowest BCUT2D eigenvalue weighted by atomic mass is 10.1. The van der Waals surface area contributed by atoms with Crippen LogP contribution in [-0.2, 0) is 12.8 Å². The highest BCUT2D eigenvalue weighted by molar-refractivity contribution is 5.59. The zero-order valence-electron chi connectivity index (χ0n) is 21.6. The molecule has 0 saturated carbocycles. The molecule has 6 aromatic rings. The van der Waals surface area contributed by atoms with E-state index in [1.807, 2.05) is 49.1 Å². The summed E-state index contributed by atoms with van der Waals surface area (Å²) in [5.41, 5.74) is 5.24. The van der Waals surface area contributed by atoms with E-state index < -0.39 is 0 Å². The van der Waals surface area contributed by atoms with Gasteiger partial charge >= 0.3 is 0 Å². The van der Waals surface area contributed by atoms with Crippen LogP contribution < -0.4 is 0 Å². The quantitative estimate of drug-likeness (QED) is 0.230. The Morgan fingerprint density at radius 3 is 1.72 bits per heavy atom. The van der Waals surface area contributed by atoms with Crippen molar-refractivity contribution in [1.29, 1.82) is 0 Å². The Balaban J connectivity index is 1.36. The lowest BCUT2D eigenvalue weighted by molar-refractivity contribution is 0.943. The van der Waals surface area contributed by atoms with Gasteiger partial charge in [-0.2, -0.15) is 0 Å². The summed E-state index contributed by atoms with van der Waals surface area (Å²) in [5.74, 6) is 3.41. The molecule has 0 bridgehead atoms. The van der Waals surface area contributed by atoms with Crippen molar-refractivity contribution < 1.29 is 0 Å². The van der Waals surface area contributed by atoms with E-state index in [1.165, 1.54) is 11.1 Å². The summed E-state index contributed by atoms with van der Waals surface area (Å²) < 4.78 is 4.20. The first-order valence-electron chi connectivity index (χ1n) is 12.8. The van der Waals surface area contributed by atoms with Gasteiger partial charge in [0.15, 0.2) is 11.6 Å². The standard InChI is InChI=1S/C31H28N8/c1-23(22-39-27(31-34-15-16-35-31)21-37-29(39)19-25-10-6-3-7-11-25)12-17-38-26(30-32-13-14-33-30)20-36-28(38)18-24-8-4-2-5-9-24/h2-17,20-22H,18-19H2,1H3,(H,32,33)(H,34,35). The Kier molecular flexibility index (Phi) is 6.81. The minimum atomic E-state index is 0.708. The molecule has 0 unspecified atom stereocenters. The molecule has 8 heteroatoms. The Hall–Kier alpha value is -5.24. The van der Waals surface area contributed by atoms with Crippen molar-refractivity contribution in [1.82, 2.24) is 39.0 Å². The summed E-state index contributed by atoms with van der Waals surface area (Å²) in [6.07, 6.45) is 18.5. The average molecular weight is 513 g/mol. The molecule has 8 nitrogen and oxygen atoms in total. The van der Waals surface area contributed by atoms with E-state index in [9.17, 15) is 0 Å². The molecular weight excluding hydrogens is 484 g/mol. The van der Waals surface area contributed by atoms with Crippen LogP contribution in [0.4, 0.5) is 0 Å². The third-order valence-corrected chi connectivity index (χ3v) is 6.46. The fraction of sp³-hybridized carbons (Fsp3) is 0.0968. The van der Waals surface area contributed by atoms with Gasteiger partial charge in [-0.25, -0.2) is 19.9 Å². The number of allylic oxidation sites excluding steroid dienone is 2. The molecule has 192 valence electrons. The fourth-order valence-electron chi connectivity index (χ4n) is 4.53. The van der Waals surface area contributed by atoms with Crippen LogP contribution in [0.1, 0.15) is 29.7 Å². The Labute approximate surface area is 226 Å². The zero-order chi connectivity index (χ0) is 26.4. The van der Waals surface area contributed by atoms with E-state index in [-0.39, 0.29) is 0 Å². The molecule has 0 spiro atoms. The van der Waals surface area contributed by atoms with Gasteiger partial charge in [0.25, 0.3) is 0 Å². The number of hydrogen-bond acceptors (Lipinski definition) is 4. The minimum absolute atomic E-state index is 0.708. The summed E-state index contributed by atoms with van der Waals surface area (Å²) in [4.78, 5) is 24.8. The first-order valence-corrected chi connectivity index (χ1v) is 12.8. The van der Waals surface area contributed by atoms with E-state index in [2.05, 4.69) is 90.9 Å². The summed E-state index contributed by atoms with van der Waals surface area (Å²) in [6, 6.07) is 20.7. The average Bonchev–Trinajstić information content (AvgIpc) is 3.77. The summed E-state index contributed by atoms with van der Waals surface area (Å²) in [7, 11) is 0. The molecule has 2 aromatic carbocycles. The molecule has 0 aliphatic heterocycles. The number of benzene rings is 2. The van der Waals surface area contributed by atoms with Gasteiger partial charge in [0.1, 0.15) is 23.0 Å². The molecule has 4 aromatic heterocycles. The summed E-state index contributed by atoms with van der Waals surface area (Å²) in [6.45, 7) is 2.08. The summed E-state index contributed by atoms with van der Waals surface area (Å²) in [5, 5.41) is 0. The molecule has 0 aliphatic rings. The Bertz CT molecular complexity index is 1690. The van der Waals surface area contributed by atoms with Gasteiger partial charge in [-0.15, -0.1) is 0 Å². The molecule has 0 atom stereocenters. The van der Waals surface area contributed by atoms with Crippen molar-refractivity contribution in [3.05, 3.63) is 132 Å². The van der Waals surface area contributed by atoms with Gasteiger partial charge in [0.05, 0.1) is 12.4 Å². The van der Waals surface area contributed by atoms with Crippen molar-refractivity contribution in [2.24, 2.45) is 0 Å². The topological polar surface area (TPSA) is 93.0 Å². The lowest BCUT2D eigenvalue weighted by Crippen LogP contribution is -2.02. The van der Waals surface area contributed by atoms with E-state index in [1.54, 1.807) is 12.4 Å². The largest absolute Gasteiger partial charge is 0.343 e. The maximum absolute atomic E-state index is 4.75. The molecule has 0 fully saturated rings. The van der Waals surface area contributed by atoms with E-state index in [0.717, 1.165) is 40.3 Å². The van der Waals surface area contributed by atoms with Crippen LogP contribution in [0.15, 0.2) is 109 Å². The molecule has 39 heavy (non-hydrogen) atoms. The Morgan fingerprint density at radius 1 is 0.692 bits per heavy atom. The number of nitrogens with one attached hydrogen (secondary N) is 2. The van der Waals surface area contributed by atoms with Crippen LogP contribution in [0.3, 0.4) is 0 Å². The van der Waals surface area contributed by atoms with Crippen LogP contribution in [0, 0.1) is 0 Å². The normalized spacial score (nSPS) is 12.0. The number of nitrogens with zero attached hydrogens (tertiary/aromatic N) is 6. The van der Waals surface area contributed by atoms with Crippen molar-refractivity contribution in [3.8, 4) is 23.0 Å². The van der Waals surface area contributed by atoms with Crippen LogP contribution in [0.2, 0.25) is 0 Å². The van der Waals surface area contributed by atoms with E-state index in [4.69, 9.17) is 9.97 Å². The highest BCUT2D eigenvalue weighted by Gasteiger charge is 2.14. The SMILES string of the molecule is CC(C=Cn1c(-c2ncc[nH]2)cnc1Cc1ccccc1)=Cn1c(-c2ncc[nH]2)cnc1Cc1ccccc1. The third kappa shape index (κ3) is 5.40. The predicted octanol–water partition coefficient (Wildman–Crippen LogP) is 6.07. The predicted molar refractivity (Wildman–Crippen MR) is 153 cm³/mol. The maximum Gasteiger partial charge on any atom is 0.155 e. The molecule has 0 amide bonds. The van der Waals surface area contributed by atoms with Crippen LogP contribution in [-0.4, -0.2) is 39.0 Å². The van der Waals surface area contributed by atoms with Gasteiger partial charge in [0, 0.05) is 50.0 Å². The zero-order valence-corrected chi connectivity index (χ0v) is 21.6. The number of rotatable bonds is 9. The number of aromatic amines is 2. The number of aromatic nitrogens is 8. The van der Waals surface area contributed by atoms with Crippen LogP contribution >= 0.6 is 0 Å². The van der Waals surface area contributed by atoms with E-state index >= 15 is 0 Å². The molecule has 2 N–H and O–H groups in total. The summed E-state index contributed by atoms with van der Waals surface area (Å²) >= 11 is 0. The van der Waals surface area contributed by atoms with Gasteiger partial charge in [-0.3, -0.25) is 4.57 Å². The molecule has 0 aliphatic carbocycles. The lowest BCUT2D eigenvalue weighted by Gasteiger charge is -2.09. The maximum atomic E-state index is 4.75. The second-order valence-corrected chi connectivity index (χ2v) is 9.25. The minimum Gasteiger partial charge on any atom is -0.343 e. The second kappa shape index (κ2) is 11.0. The second-order valence-electron chi connectivity index (χ2n) is 9.25. The smallest absolute Gasteiger partial charge is 0.155 e. The molecule has 0 saturated heterocycles. The number of imidazole rings is 4. The Morgan fingerprint density at radius 2 is 1.21 bits per heavy atom. The van der Waals surface area contributed by atoms with E-state index in [0.29, 0.717) is 12.8 Å². The van der Waals surface area contributed by atoms with Crippen molar-refractivity contribution in [2.45, 2.75) is 19.8 Å². The molecular formula is C31H28N8. The monoisotopic (exact) mass is 512 g/mol. The van der Waals surface area contributed by atoms with Crippen molar-refractivity contribution in [2.75, 3.05) is 0 Å². The number of hydrogen-bond donors (Lipinski definition) is 2. The van der Waals surface area contributed by atoms with Gasteiger partial charge in [-0.05, 0) is 29.7 Å². The first kappa shape index (κ1) is 24.1. The van der Waals surface area contributed by atoms with Crippen molar-refractivity contribution >= 4 is 12.4 Å². The molecule has 4 heterocycles. The third-order valence-electron chi connectivity index (χ3n) is 6.46. The molecule has 0 radical (unpaired) electrons. The van der Waals surface area contributed by atoms with Crippen LogP contribution in [0.5, 0.6) is 0 Å². The van der Waals surface area contributed by atoms with Gasteiger partial charge in [0.2, 0.25) is 0 Å². The van der Waals surface area contributed by atoms with Crippen LogP contribution in [0.25, 0.3) is 35.4 Å². The highest BCUT2D eigenvalue weighted by Crippen LogP contribution is 2.23. The fourth-order valence-corrected chi connectivity index (χ4v) is 4.53. The highest BCUT2D eigenvalue weighted by atomic mass is 15.1. The van der Waals surface area contributed by atoms with Gasteiger partial charge < -0.3 is 14.5 Å². The first-order chi connectivity index (χ1) is 19.2. The molecule has 6 rings (SSSR count). The number of H-pyrrole nitrogens is 2. The van der Waals surface area contributed by atoms with Gasteiger partial charge in [-0.1, -0.05) is 60.7 Å².